The second-order valence-electron chi connectivity index (χ2n) is 23.9. The molecule has 0 radical (unpaired) electrons. The predicted octanol–water partition coefficient (Wildman–Crippen LogP) is 18.0. The lowest BCUT2D eigenvalue weighted by Gasteiger charge is -2.26. The van der Waals surface area contributed by atoms with E-state index in [1.165, 1.54) is 208 Å². The molecule has 0 saturated heterocycles. The fourth-order valence-corrected chi connectivity index (χ4v) is 13.7. The minimum atomic E-state index is 0.575. The molecule has 0 unspecified atom stereocenters. The molecule has 7 saturated carbocycles. The molecule has 4 aromatic rings. The number of benzene rings is 4. The molecule has 428 valence electrons. The first-order valence-corrected chi connectivity index (χ1v) is 33.0. The van der Waals surface area contributed by atoms with Crippen LogP contribution < -0.4 is 42.5 Å². The molecular formula is C67H96N8S4. The Bertz CT molecular complexity index is 2480. The third kappa shape index (κ3) is 21.8. The third-order valence-electron chi connectivity index (χ3n) is 17.6. The quantitative estimate of drug-likeness (QED) is 0.0613. The van der Waals surface area contributed by atoms with Crippen LogP contribution in [-0.2, 0) is 0 Å². The molecule has 0 aromatic heterocycles. The average molecular weight is 1140 g/mol. The summed E-state index contributed by atoms with van der Waals surface area (Å²) in [5.74, 6) is 3.82. The van der Waals surface area contributed by atoms with Crippen molar-refractivity contribution in [1.29, 1.82) is 0 Å². The molecule has 0 bridgehead atoms. The Morgan fingerprint density at radius 1 is 0.342 bits per heavy atom. The molecule has 7 fully saturated rings. The van der Waals surface area contributed by atoms with Gasteiger partial charge in [0, 0.05) is 47.9 Å². The highest BCUT2D eigenvalue weighted by molar-refractivity contribution is 7.81. The molecule has 0 spiro atoms. The van der Waals surface area contributed by atoms with E-state index in [1.807, 2.05) is 6.92 Å². The molecule has 4 aromatic carbocycles. The first-order chi connectivity index (χ1) is 38.7. The standard InChI is InChI=1S/2C18H26N2S.C16H22N2S.C15H22N2S/c21-18(19-13-14-6-4-7-14)20-17-11-5-10-16(12-17)15-8-2-1-3-9-15;21-18(19-16-10-4-5-11-16)20-17-12-6-9-15(13-17)14-7-2-1-3-8-14;19-16(17-14-9-10-14)18-15-8-4-7-13(11-15)12-5-2-1-3-6-12;1-2-16-15(18)17-14-10-6-9-13(11-14)12-7-4-3-5-8-12/h5,10-12,14-15H,1-4,6-9,13H2,(H2,19,20,21);6,9,12-14,16H,1-5,7-8,10-11H2,(H2,19,20,21);4,7-8,11-12,14H,1-3,5-6,9-10H2,(H2,17,18,19);6,9-12H,2-5,7-8H2,1H3,(H2,16,17,18). The van der Waals surface area contributed by atoms with Crippen LogP contribution in [0.25, 0.3) is 0 Å². The molecule has 7 aliphatic carbocycles. The van der Waals surface area contributed by atoms with Crippen LogP contribution in [0.2, 0.25) is 0 Å². The van der Waals surface area contributed by atoms with E-state index in [9.17, 15) is 0 Å². The van der Waals surface area contributed by atoms with Gasteiger partial charge in [0.15, 0.2) is 20.4 Å². The van der Waals surface area contributed by atoms with Gasteiger partial charge in [-0.1, -0.05) is 145 Å². The van der Waals surface area contributed by atoms with Crippen molar-refractivity contribution in [3.8, 4) is 0 Å². The predicted molar refractivity (Wildman–Crippen MR) is 355 cm³/mol. The lowest BCUT2D eigenvalue weighted by molar-refractivity contribution is 0.316. The zero-order valence-electron chi connectivity index (χ0n) is 47.8. The van der Waals surface area contributed by atoms with Crippen molar-refractivity contribution in [2.24, 2.45) is 5.92 Å². The van der Waals surface area contributed by atoms with Gasteiger partial charge in [-0.2, -0.15) is 0 Å². The van der Waals surface area contributed by atoms with Gasteiger partial charge < -0.3 is 42.5 Å². The van der Waals surface area contributed by atoms with Crippen LogP contribution in [-0.4, -0.2) is 45.6 Å². The van der Waals surface area contributed by atoms with Gasteiger partial charge in [0.05, 0.1) is 0 Å². The number of nitrogens with one attached hydrogen (secondary N) is 8. The highest BCUT2D eigenvalue weighted by Crippen LogP contribution is 2.37. The molecule has 0 atom stereocenters. The molecule has 11 rings (SSSR count). The number of hydrogen-bond donors (Lipinski definition) is 8. The summed E-state index contributed by atoms with van der Waals surface area (Å²) in [4.78, 5) is 0. The van der Waals surface area contributed by atoms with Gasteiger partial charge in [0.25, 0.3) is 0 Å². The SMILES string of the molecule is CCNC(=S)Nc1cccc(C2CCCCC2)c1.S=C(NCC1CCC1)Nc1cccc(C2CCCCC2)c1.S=C(Nc1cccc(C2CCCCC2)c1)NC1CC1.S=C(Nc1cccc(C2CCCCC2)c1)NC1CCCC1. The van der Waals surface area contributed by atoms with E-state index in [4.69, 9.17) is 48.9 Å². The summed E-state index contributed by atoms with van der Waals surface area (Å²) in [6.45, 7) is 3.93. The zero-order chi connectivity index (χ0) is 54.9. The van der Waals surface area contributed by atoms with Gasteiger partial charge in [0.1, 0.15) is 0 Å². The fraction of sp³-hybridized carbons (Fsp3) is 0.582. The maximum Gasteiger partial charge on any atom is 0.170 e. The Morgan fingerprint density at radius 2 is 0.646 bits per heavy atom. The number of rotatable bonds is 13. The molecule has 0 amide bonds. The minimum Gasteiger partial charge on any atom is -0.363 e. The maximum absolute atomic E-state index is 5.45. The first-order valence-electron chi connectivity index (χ1n) is 31.4. The van der Waals surface area contributed by atoms with Gasteiger partial charge >= 0.3 is 0 Å². The van der Waals surface area contributed by atoms with Gasteiger partial charge in [-0.25, -0.2) is 0 Å². The summed E-state index contributed by atoms with van der Waals surface area (Å²) >= 11 is 21.4. The van der Waals surface area contributed by atoms with Gasteiger partial charge in [0.2, 0.25) is 0 Å². The van der Waals surface area contributed by atoms with Crippen molar-refractivity contribution in [2.45, 2.75) is 229 Å². The van der Waals surface area contributed by atoms with E-state index >= 15 is 0 Å². The van der Waals surface area contributed by atoms with Gasteiger partial charge in [-0.3, -0.25) is 0 Å². The zero-order valence-corrected chi connectivity index (χ0v) is 51.1. The van der Waals surface area contributed by atoms with Crippen LogP contribution in [0.4, 0.5) is 22.7 Å². The number of hydrogen-bond acceptors (Lipinski definition) is 4. The lowest BCUT2D eigenvalue weighted by atomic mass is 9.84. The Hall–Kier alpha value is -4.36. The van der Waals surface area contributed by atoms with Crippen molar-refractivity contribution >= 4 is 92.1 Å². The van der Waals surface area contributed by atoms with Crippen molar-refractivity contribution < 1.29 is 0 Å². The largest absolute Gasteiger partial charge is 0.363 e. The highest BCUT2D eigenvalue weighted by Gasteiger charge is 2.23. The monoisotopic (exact) mass is 1140 g/mol. The minimum absolute atomic E-state index is 0.575. The summed E-state index contributed by atoms with van der Waals surface area (Å²) in [6.07, 6.45) is 39.1. The average Bonchev–Trinajstić information content (AvgIpc) is 4.15. The van der Waals surface area contributed by atoms with Crippen LogP contribution in [0.5, 0.6) is 0 Å². The van der Waals surface area contributed by atoms with E-state index in [2.05, 4.69) is 140 Å². The smallest absolute Gasteiger partial charge is 0.170 e. The topological polar surface area (TPSA) is 96.2 Å². The van der Waals surface area contributed by atoms with Crippen molar-refractivity contribution in [1.82, 2.24) is 21.3 Å². The maximum atomic E-state index is 5.45. The first kappa shape index (κ1) is 60.7. The second-order valence-corrected chi connectivity index (χ2v) is 25.5. The molecule has 0 aliphatic heterocycles. The second kappa shape index (κ2) is 33.5. The van der Waals surface area contributed by atoms with Crippen LogP contribution in [0.3, 0.4) is 0 Å². The Morgan fingerprint density at radius 3 is 0.949 bits per heavy atom. The Balaban J connectivity index is 0.000000139. The number of thiocarbonyl (C=S) groups is 4. The van der Waals surface area contributed by atoms with Crippen molar-refractivity contribution in [2.75, 3.05) is 34.4 Å². The Kier molecular flexibility index (Phi) is 25.8. The normalized spacial score (nSPS) is 19.2. The van der Waals surface area contributed by atoms with Crippen LogP contribution in [0.1, 0.15) is 239 Å². The van der Waals surface area contributed by atoms with E-state index in [1.54, 1.807) is 0 Å². The van der Waals surface area contributed by atoms with Crippen LogP contribution in [0, 0.1) is 5.92 Å². The van der Waals surface area contributed by atoms with E-state index in [0.29, 0.717) is 17.2 Å². The van der Waals surface area contributed by atoms with Crippen LogP contribution >= 0.6 is 48.9 Å². The van der Waals surface area contributed by atoms with E-state index in [0.717, 1.165) is 80.8 Å². The molecule has 8 N–H and O–H groups in total. The Labute approximate surface area is 498 Å². The van der Waals surface area contributed by atoms with E-state index < -0.39 is 0 Å². The molecule has 12 heteroatoms. The third-order valence-corrected chi connectivity index (χ3v) is 18.5. The van der Waals surface area contributed by atoms with Gasteiger partial charge in [-0.15, -0.1) is 0 Å². The summed E-state index contributed by atoms with van der Waals surface area (Å²) in [5, 5.41) is 29.5. The van der Waals surface area contributed by atoms with E-state index in [-0.39, 0.29) is 0 Å². The van der Waals surface area contributed by atoms with Crippen molar-refractivity contribution in [3.05, 3.63) is 119 Å². The fourth-order valence-electron chi connectivity index (χ4n) is 12.7. The summed E-state index contributed by atoms with van der Waals surface area (Å²) < 4.78 is 0. The highest BCUT2D eigenvalue weighted by atomic mass is 32.1. The molecule has 8 nitrogen and oxygen atoms in total. The van der Waals surface area contributed by atoms with Crippen LogP contribution in [0.15, 0.2) is 97.1 Å². The summed E-state index contributed by atoms with van der Waals surface area (Å²) in [5.41, 5.74) is 10.4. The molecule has 7 aliphatic rings. The lowest BCUT2D eigenvalue weighted by Crippen LogP contribution is -2.35. The molecular weight excluding hydrogens is 1050 g/mol. The molecule has 79 heavy (non-hydrogen) atoms. The summed E-state index contributed by atoms with van der Waals surface area (Å²) in [7, 11) is 0. The van der Waals surface area contributed by atoms with Crippen molar-refractivity contribution in [3.63, 3.8) is 0 Å². The van der Waals surface area contributed by atoms with Gasteiger partial charge in [-0.05, 0) is 246 Å². The number of anilines is 4. The molecule has 0 heterocycles. The summed E-state index contributed by atoms with van der Waals surface area (Å²) in [6, 6.07) is 36.3.